The van der Waals surface area contributed by atoms with Gasteiger partial charge in [0.2, 0.25) is 0 Å². The van der Waals surface area contributed by atoms with Crippen molar-refractivity contribution in [3.63, 3.8) is 0 Å². The van der Waals surface area contributed by atoms with E-state index in [-0.39, 0.29) is 36.5 Å². The maximum Gasteiger partial charge on any atom is 2.00 e. The Hall–Kier alpha value is -5.66. The van der Waals surface area contributed by atoms with Crippen LogP contribution in [0.15, 0.2) is 79.0 Å². The fourth-order valence-corrected chi connectivity index (χ4v) is 9.05. The van der Waals surface area contributed by atoms with Crippen LogP contribution in [-0.2, 0) is 54.4 Å². The van der Waals surface area contributed by atoms with Gasteiger partial charge in [0.05, 0.1) is 65.3 Å². The van der Waals surface area contributed by atoms with Crippen LogP contribution in [0.1, 0.15) is 139 Å². The molecule has 4 heterocycles. The van der Waals surface area contributed by atoms with Crippen molar-refractivity contribution in [1.82, 2.24) is 34.9 Å². The number of aromatic nitrogens is 7. The van der Waals surface area contributed by atoms with Gasteiger partial charge in [-0.3, -0.25) is 0 Å². The molecule has 6 bridgehead atoms. The Labute approximate surface area is 505 Å². The molecule has 2 aliphatic heterocycles. The number of nitrogens with zero attached hydrogens (tertiary/aromatic N) is 8. The molecule has 0 atom stereocenters. The normalized spacial score (nSPS) is 12.1. The first kappa shape index (κ1) is 69.8. The van der Waals surface area contributed by atoms with Crippen LogP contribution >= 0.6 is 0 Å². The summed E-state index contributed by atoms with van der Waals surface area (Å²) in [6.45, 7) is 32.3. The number of methoxy groups -OCH3 is 3. The summed E-state index contributed by atoms with van der Waals surface area (Å²) < 4.78 is 37.2. The van der Waals surface area contributed by atoms with Crippen molar-refractivity contribution in [3.8, 4) is 51.3 Å². The summed E-state index contributed by atoms with van der Waals surface area (Å²) in [6, 6.07) is 23.8. The molecule has 6 aromatic rings. The van der Waals surface area contributed by atoms with Crippen molar-refractivity contribution in [2.24, 2.45) is 11.8 Å². The Kier molecular flexibility index (Phi) is 25.6. The maximum absolute atomic E-state index is 8.24. The number of ether oxygens (including phenoxy) is 6. The molecule has 0 spiro atoms. The van der Waals surface area contributed by atoms with Crippen LogP contribution < -0.4 is 15.6 Å². The molecule has 0 fully saturated rings. The summed E-state index contributed by atoms with van der Waals surface area (Å²) in [6.07, 6.45) is 4.72. The predicted octanol–water partition coefficient (Wildman–Crippen LogP) is 13.8. The number of fused-ring (bicyclic) bond motifs is 16. The molecule has 83 heavy (non-hydrogen) atoms. The number of hydrogen-bond donors (Lipinski definition) is 3. The zero-order valence-corrected chi connectivity index (χ0v) is 55.9. The Morgan fingerprint density at radius 3 is 1.55 bits per heavy atom. The fourth-order valence-electron chi connectivity index (χ4n) is 9.05. The molecular weight excluding hydrogens is 1100 g/mol. The summed E-state index contributed by atoms with van der Waals surface area (Å²) in [5.74, 6) is 9.44. The van der Waals surface area contributed by atoms with E-state index in [1.54, 1.807) is 27.5 Å². The van der Waals surface area contributed by atoms with Gasteiger partial charge in [-0.25, -0.2) is 15.0 Å². The number of benzene rings is 4. The second kappa shape index (κ2) is 30.4. The van der Waals surface area contributed by atoms with E-state index in [1.165, 1.54) is 0 Å². The van der Waals surface area contributed by atoms with Gasteiger partial charge in [-0.2, -0.15) is 0 Å². The van der Waals surface area contributed by atoms with E-state index in [0.29, 0.717) is 108 Å². The van der Waals surface area contributed by atoms with E-state index in [1.807, 2.05) is 129 Å². The van der Waals surface area contributed by atoms with Crippen LogP contribution in [-0.4, -0.2) is 112 Å². The average Bonchev–Trinajstić information content (AvgIpc) is 4.17. The quantitative estimate of drug-likeness (QED) is 0.0366. The molecule has 0 unspecified atom stereocenters. The van der Waals surface area contributed by atoms with Gasteiger partial charge in [0.15, 0.2) is 5.82 Å². The minimum Gasteiger partial charge on any atom is -0.493 e. The van der Waals surface area contributed by atoms with E-state index in [9.17, 15) is 0 Å². The smallest absolute Gasteiger partial charge is 0.493 e. The summed E-state index contributed by atoms with van der Waals surface area (Å²) in [5.41, 5.74) is 8.05. The van der Waals surface area contributed by atoms with Gasteiger partial charge in [0.1, 0.15) is 5.75 Å². The third-order valence-corrected chi connectivity index (χ3v) is 14.8. The van der Waals surface area contributed by atoms with Crippen molar-refractivity contribution in [3.05, 3.63) is 101 Å². The average molecular weight is 1190 g/mol. The van der Waals surface area contributed by atoms with Gasteiger partial charge in [-0.1, -0.05) is 94.4 Å². The molecule has 18 heteroatoms. The summed E-state index contributed by atoms with van der Waals surface area (Å²) in [4.78, 5) is 36.6. The molecular formula is C65H91N9O8Zn. The minimum absolute atomic E-state index is 0. The standard InChI is InChI=1S/C57H69N9O6.C5H12O.C2H6.CH4O.Zn/c1-34-19-15-20-35-39(34)33-59-46-36-21-16-24-40(56(8,9)71-31-28-54(4,5)68-13)43(36)50(60-46)62-48-38-23-18-26-42(70-30-27-53(2,3)67-12)45(38)52(64-48)63-47-37-22-17-25-41(44(37)51(61-47)65-49(35)66-58)57(10,11)72-32-29-55(6,7)69-14;1-5(2)3-4-6;2*1-2;/h15-26,33H,27-32,58H2,1-14H3;5-6H,3-4H2,1-2H3;1-2H3;2H,1H3;/q-2;;;;+2. The van der Waals surface area contributed by atoms with Crippen molar-refractivity contribution in [1.29, 1.82) is 0 Å². The first-order chi connectivity index (χ1) is 38.9. The molecule has 17 nitrogen and oxygen atoms in total. The van der Waals surface area contributed by atoms with Crippen molar-refractivity contribution >= 4 is 38.7 Å². The van der Waals surface area contributed by atoms with Crippen LogP contribution in [0.5, 0.6) is 5.75 Å². The molecule has 0 amide bonds. The molecule has 4 aromatic carbocycles. The van der Waals surface area contributed by atoms with E-state index in [4.69, 9.17) is 79.4 Å². The summed E-state index contributed by atoms with van der Waals surface area (Å²) in [7, 11) is 6.13. The number of aryl methyl sites for hydroxylation is 1. The topological polar surface area (TPSA) is 227 Å². The Morgan fingerprint density at radius 2 is 1.05 bits per heavy atom. The Morgan fingerprint density at radius 1 is 0.578 bits per heavy atom. The molecule has 446 valence electrons. The number of hydrogen-bond acceptors (Lipinski definition) is 15. The third-order valence-electron chi connectivity index (χ3n) is 14.8. The number of aliphatic hydroxyl groups excluding tert-OH is 2. The van der Waals surface area contributed by atoms with Crippen LogP contribution in [0.25, 0.3) is 83.8 Å². The zero-order chi connectivity index (χ0) is 60.8. The van der Waals surface area contributed by atoms with E-state index < -0.39 is 16.8 Å². The maximum atomic E-state index is 8.24. The van der Waals surface area contributed by atoms with Crippen molar-refractivity contribution in [2.75, 3.05) is 54.9 Å². The first-order valence-electron chi connectivity index (χ1n) is 28.4. The number of aliphatic hydroxyl groups is 2. The van der Waals surface area contributed by atoms with Crippen LogP contribution in [0.3, 0.4) is 0 Å². The van der Waals surface area contributed by atoms with Gasteiger partial charge in [0.25, 0.3) is 0 Å². The van der Waals surface area contributed by atoms with Crippen molar-refractivity contribution in [2.45, 2.75) is 158 Å². The second-order valence-electron chi connectivity index (χ2n) is 23.1. The van der Waals surface area contributed by atoms with Gasteiger partial charge < -0.3 is 69.8 Å². The van der Waals surface area contributed by atoms with Crippen LogP contribution in [0, 0.1) is 12.8 Å². The van der Waals surface area contributed by atoms with Crippen molar-refractivity contribution < 1.29 is 58.1 Å². The van der Waals surface area contributed by atoms with Gasteiger partial charge in [-0.05, 0) is 141 Å². The molecule has 8 rings (SSSR count). The zero-order valence-electron chi connectivity index (χ0n) is 52.9. The third kappa shape index (κ3) is 17.3. The minimum atomic E-state index is -0.807. The summed E-state index contributed by atoms with van der Waals surface area (Å²) in [5, 5.41) is 18.0. The first-order valence-corrected chi connectivity index (χ1v) is 28.4. The monoisotopic (exact) mass is 1190 g/mol. The Bertz CT molecular complexity index is 3310. The number of rotatable bonds is 20. The largest absolute Gasteiger partial charge is 2.00 e. The second-order valence-corrected chi connectivity index (χ2v) is 23.1. The fraction of sp³-hybridized carbons (Fsp3) is 0.508. The molecule has 4 N–H and O–H groups in total. The SMILES string of the molecule is CC.CC(C)CCO.CO.COC(C)(C)CCOc1cccc2c3nc4nc(ncc5c(C)cccc5c([N-]N)nc5nc(nc([n-]3)c12)-c1cccc(C(C)(C)OCCC(C)(C)OC)c1-5)-c1cccc(C(C)(C)OCCC(C)(C)OC)c1-4.[Zn+2]. The van der Waals surface area contributed by atoms with E-state index >= 15 is 0 Å². The van der Waals surface area contributed by atoms with Gasteiger partial charge in [0, 0.05) is 92.0 Å². The van der Waals surface area contributed by atoms with Gasteiger partial charge >= 0.3 is 19.5 Å². The molecule has 0 radical (unpaired) electrons. The molecule has 0 saturated carbocycles. The number of nitrogens with two attached hydrogens (primary N) is 1. The van der Waals surface area contributed by atoms with Gasteiger partial charge in [-0.15, -0.1) is 0 Å². The van der Waals surface area contributed by atoms with Crippen LogP contribution in [0.2, 0.25) is 0 Å². The predicted molar refractivity (Wildman–Crippen MR) is 331 cm³/mol. The molecule has 2 aliphatic rings. The van der Waals surface area contributed by atoms with Crippen LogP contribution in [0.4, 0.5) is 5.82 Å². The van der Waals surface area contributed by atoms with E-state index in [2.05, 4.69) is 53.0 Å². The molecule has 0 saturated heterocycles. The van der Waals surface area contributed by atoms with E-state index in [0.717, 1.165) is 57.9 Å². The Balaban J connectivity index is 0.00000125. The molecule has 2 aromatic heterocycles. The molecule has 0 aliphatic carbocycles. The summed E-state index contributed by atoms with van der Waals surface area (Å²) >= 11 is 0.